The zero-order valence-corrected chi connectivity index (χ0v) is 9.82. The molecule has 1 aromatic rings. The van der Waals surface area contributed by atoms with Crippen molar-refractivity contribution in [1.82, 2.24) is 4.90 Å². The molecule has 0 bridgehead atoms. The van der Waals surface area contributed by atoms with Gasteiger partial charge in [-0.15, -0.1) is 0 Å². The van der Waals surface area contributed by atoms with Crippen LogP contribution in [0.15, 0.2) is 29.3 Å². The predicted molar refractivity (Wildman–Crippen MR) is 65.5 cm³/mol. The maximum atomic E-state index is 4.88. The second kappa shape index (κ2) is 3.70. The summed E-state index contributed by atoms with van der Waals surface area (Å²) >= 11 is 0. The minimum atomic E-state index is -0.0931. The number of para-hydroxylation sites is 1. The van der Waals surface area contributed by atoms with Crippen molar-refractivity contribution in [3.05, 3.63) is 34.8 Å². The summed E-state index contributed by atoms with van der Waals surface area (Å²) in [6, 6.07) is 8.43. The highest BCUT2D eigenvalue weighted by molar-refractivity contribution is 5.39. The largest absolute Gasteiger partial charge is 0.276 e. The Morgan fingerprint density at radius 1 is 1.12 bits per heavy atom. The number of fused-ring (bicyclic) bond motifs is 1. The van der Waals surface area contributed by atoms with E-state index < -0.39 is 0 Å². The van der Waals surface area contributed by atoms with Gasteiger partial charge in [-0.05, 0) is 37.1 Å². The van der Waals surface area contributed by atoms with Crippen LogP contribution in [-0.4, -0.2) is 23.7 Å². The molecule has 2 heteroatoms. The normalized spacial score (nSPS) is 29.3. The van der Waals surface area contributed by atoms with Gasteiger partial charge in [-0.2, -0.15) is 0 Å². The highest BCUT2D eigenvalue weighted by atomic mass is 15.3. The topological polar surface area (TPSA) is 15.6 Å². The quantitative estimate of drug-likeness (QED) is 0.688. The number of nitrogens with zero attached hydrogens (tertiary/aromatic N) is 2. The third kappa shape index (κ3) is 1.57. The fraction of sp³-hybridized carbons (Fsp3) is 0.500. The Kier molecular flexibility index (Phi) is 2.32. The van der Waals surface area contributed by atoms with Crippen molar-refractivity contribution in [1.29, 1.82) is 0 Å². The molecular weight excluding hydrogens is 196 g/mol. The lowest BCUT2D eigenvalue weighted by Gasteiger charge is -2.37. The van der Waals surface area contributed by atoms with E-state index in [4.69, 9.17) is 4.99 Å². The Morgan fingerprint density at radius 2 is 1.88 bits per heavy atom. The minimum Gasteiger partial charge on any atom is -0.276 e. The Bertz CT molecular complexity index is 463. The number of hydrogen-bond donors (Lipinski definition) is 0. The number of hydrogen-bond acceptors (Lipinski definition) is 2. The molecule has 0 radical (unpaired) electrons. The molecule has 0 aliphatic carbocycles. The first-order valence-electron chi connectivity index (χ1n) is 6.21. The highest BCUT2D eigenvalue weighted by Crippen LogP contribution is 2.24. The molecule has 2 aliphatic heterocycles. The van der Waals surface area contributed by atoms with Crippen LogP contribution < -0.4 is 10.6 Å². The molecule has 1 fully saturated rings. The summed E-state index contributed by atoms with van der Waals surface area (Å²) in [5.41, 5.74) is -0.0931. The zero-order chi connectivity index (χ0) is 11.0. The Balaban J connectivity index is 1.99. The summed E-state index contributed by atoms with van der Waals surface area (Å²) in [7, 11) is 0. The van der Waals surface area contributed by atoms with Crippen LogP contribution in [0.2, 0.25) is 0 Å². The molecule has 16 heavy (non-hydrogen) atoms. The van der Waals surface area contributed by atoms with Gasteiger partial charge in [0, 0.05) is 13.1 Å². The van der Waals surface area contributed by atoms with Gasteiger partial charge in [0.25, 0.3) is 0 Å². The molecule has 0 spiro atoms. The molecule has 1 aromatic carbocycles. The molecular formula is C14H18N2. The summed E-state index contributed by atoms with van der Waals surface area (Å²) in [5.74, 6) is 0. The van der Waals surface area contributed by atoms with Gasteiger partial charge in [0.15, 0.2) is 0 Å². The number of piperidine rings is 1. The number of rotatable bonds is 1. The monoisotopic (exact) mass is 214 g/mol. The van der Waals surface area contributed by atoms with Crippen LogP contribution in [0.4, 0.5) is 0 Å². The van der Waals surface area contributed by atoms with E-state index in [0.29, 0.717) is 0 Å². The van der Waals surface area contributed by atoms with E-state index in [2.05, 4.69) is 42.2 Å². The number of likely N-dealkylation sites (tertiary alicyclic amines) is 1. The Labute approximate surface area is 96.3 Å². The molecule has 1 unspecified atom stereocenters. The molecule has 84 valence electrons. The van der Waals surface area contributed by atoms with Crippen molar-refractivity contribution in [3.63, 3.8) is 0 Å². The second-order valence-corrected chi connectivity index (χ2v) is 4.96. The molecule has 0 saturated carbocycles. The van der Waals surface area contributed by atoms with Crippen LogP contribution in [0.3, 0.4) is 0 Å². The van der Waals surface area contributed by atoms with Gasteiger partial charge < -0.3 is 0 Å². The van der Waals surface area contributed by atoms with Crippen molar-refractivity contribution in [3.8, 4) is 0 Å². The van der Waals surface area contributed by atoms with E-state index in [1.54, 1.807) is 0 Å². The van der Waals surface area contributed by atoms with Gasteiger partial charge in [0.1, 0.15) is 5.66 Å². The predicted octanol–water partition coefficient (Wildman–Crippen LogP) is 1.30. The van der Waals surface area contributed by atoms with Gasteiger partial charge in [0.05, 0.1) is 5.36 Å². The average Bonchev–Trinajstić information content (AvgIpc) is 2.68. The third-order valence-electron chi connectivity index (χ3n) is 3.71. The summed E-state index contributed by atoms with van der Waals surface area (Å²) in [4.78, 5) is 7.39. The van der Waals surface area contributed by atoms with E-state index in [9.17, 15) is 0 Å². The van der Waals surface area contributed by atoms with Crippen molar-refractivity contribution in [2.24, 2.45) is 4.99 Å². The van der Waals surface area contributed by atoms with Crippen LogP contribution in [-0.2, 0) is 0 Å². The molecule has 0 aromatic heterocycles. The van der Waals surface area contributed by atoms with Gasteiger partial charge in [-0.25, -0.2) is 0 Å². The molecule has 0 N–H and O–H groups in total. The van der Waals surface area contributed by atoms with Gasteiger partial charge in [0.2, 0.25) is 0 Å². The summed E-state index contributed by atoms with van der Waals surface area (Å²) < 4.78 is 0. The highest BCUT2D eigenvalue weighted by Gasteiger charge is 2.31. The Morgan fingerprint density at radius 3 is 2.62 bits per heavy atom. The third-order valence-corrected chi connectivity index (χ3v) is 3.71. The zero-order valence-electron chi connectivity index (χ0n) is 9.82. The van der Waals surface area contributed by atoms with Crippen LogP contribution in [0, 0.1) is 0 Å². The molecule has 0 amide bonds. The molecule has 1 atom stereocenters. The summed E-state index contributed by atoms with van der Waals surface area (Å²) in [5, 5.41) is 2.44. The second-order valence-electron chi connectivity index (χ2n) is 4.96. The van der Waals surface area contributed by atoms with E-state index in [1.165, 1.54) is 37.6 Å². The van der Waals surface area contributed by atoms with Crippen molar-refractivity contribution in [2.45, 2.75) is 31.8 Å². The van der Waals surface area contributed by atoms with Crippen molar-refractivity contribution < 1.29 is 0 Å². The molecule has 1 saturated heterocycles. The van der Waals surface area contributed by atoms with Crippen LogP contribution in [0.1, 0.15) is 26.2 Å². The smallest absolute Gasteiger partial charge is 0.130 e. The molecule has 2 heterocycles. The fourth-order valence-electron chi connectivity index (χ4n) is 2.79. The first-order valence-corrected chi connectivity index (χ1v) is 6.21. The van der Waals surface area contributed by atoms with Gasteiger partial charge in [-0.1, -0.05) is 24.6 Å². The lowest BCUT2D eigenvalue weighted by molar-refractivity contribution is 0.136. The minimum absolute atomic E-state index is 0.0931. The first-order chi connectivity index (χ1) is 7.78. The van der Waals surface area contributed by atoms with Crippen LogP contribution in [0.25, 0.3) is 6.08 Å². The average molecular weight is 214 g/mol. The first kappa shape index (κ1) is 10.0. The summed E-state index contributed by atoms with van der Waals surface area (Å²) in [6.45, 7) is 4.60. The van der Waals surface area contributed by atoms with E-state index in [1.807, 2.05) is 0 Å². The van der Waals surface area contributed by atoms with E-state index >= 15 is 0 Å². The van der Waals surface area contributed by atoms with Crippen molar-refractivity contribution >= 4 is 6.08 Å². The maximum absolute atomic E-state index is 4.88. The fourth-order valence-corrected chi connectivity index (χ4v) is 2.79. The SMILES string of the molecule is CC1(N2CCCCC2)C=c2ccccc2=N1. The Hall–Kier alpha value is -1.15. The number of benzene rings is 1. The molecule has 2 nitrogen and oxygen atoms in total. The van der Waals surface area contributed by atoms with Gasteiger partial charge >= 0.3 is 0 Å². The standard InChI is InChI=1S/C14H18N2/c1-14(16-9-5-2-6-10-16)11-12-7-3-4-8-13(12)15-14/h3-4,7-8,11H,2,5-6,9-10H2,1H3. The van der Waals surface area contributed by atoms with Crippen LogP contribution >= 0.6 is 0 Å². The maximum Gasteiger partial charge on any atom is 0.130 e. The van der Waals surface area contributed by atoms with E-state index in [-0.39, 0.29) is 5.66 Å². The van der Waals surface area contributed by atoms with Crippen LogP contribution in [0.5, 0.6) is 0 Å². The van der Waals surface area contributed by atoms with Gasteiger partial charge in [-0.3, -0.25) is 9.89 Å². The molecule has 2 aliphatic rings. The lowest BCUT2D eigenvalue weighted by atomic mass is 10.1. The van der Waals surface area contributed by atoms with Crippen molar-refractivity contribution in [2.75, 3.05) is 13.1 Å². The summed E-state index contributed by atoms with van der Waals surface area (Å²) in [6.07, 6.45) is 6.32. The van der Waals surface area contributed by atoms with E-state index in [0.717, 1.165) is 5.36 Å². The lowest BCUT2D eigenvalue weighted by Crippen LogP contribution is -2.45. The molecule has 3 rings (SSSR count).